The third kappa shape index (κ3) is 4.02. The van der Waals surface area contributed by atoms with E-state index in [0.29, 0.717) is 5.56 Å². The van der Waals surface area contributed by atoms with Crippen LogP contribution in [0.2, 0.25) is 0 Å². The molecule has 0 aliphatic rings. The molecule has 1 rings (SSSR count). The van der Waals surface area contributed by atoms with E-state index in [1.54, 1.807) is 0 Å². The van der Waals surface area contributed by atoms with E-state index in [1.165, 1.54) is 5.56 Å². The minimum absolute atomic E-state index is 0.104. The summed E-state index contributed by atoms with van der Waals surface area (Å²) in [5, 5.41) is 3.89. The number of hydrogen-bond acceptors (Lipinski definition) is 2. The Morgan fingerprint density at radius 2 is 1.65 bits per heavy atom. The number of rotatable bonds is 2. The molecule has 0 unspecified atom stereocenters. The Morgan fingerprint density at radius 1 is 1.12 bits per heavy atom. The van der Waals surface area contributed by atoms with Gasteiger partial charge in [0.25, 0.3) is 5.91 Å². The first-order valence-electron chi connectivity index (χ1n) is 5.72. The predicted octanol–water partition coefficient (Wildman–Crippen LogP) is 3.11. The molecule has 0 spiro atoms. The van der Waals surface area contributed by atoms with E-state index in [1.807, 2.05) is 38.1 Å². The Morgan fingerprint density at radius 3 is 2.06 bits per heavy atom. The molecule has 0 fully saturated rings. The van der Waals surface area contributed by atoms with Crippen molar-refractivity contribution in [2.24, 2.45) is 5.10 Å². The molecule has 17 heavy (non-hydrogen) atoms. The van der Waals surface area contributed by atoms with E-state index < -0.39 is 0 Å². The third-order valence-corrected chi connectivity index (χ3v) is 2.39. The predicted molar refractivity (Wildman–Crippen MR) is 71.4 cm³/mol. The molecule has 0 aliphatic heterocycles. The van der Waals surface area contributed by atoms with Gasteiger partial charge >= 0.3 is 0 Å². The Balaban J connectivity index is 2.81. The van der Waals surface area contributed by atoms with E-state index in [2.05, 4.69) is 31.3 Å². The lowest BCUT2D eigenvalue weighted by atomic mass is 9.87. The third-order valence-electron chi connectivity index (χ3n) is 2.39. The lowest BCUT2D eigenvalue weighted by molar-refractivity contribution is 0.0954. The van der Waals surface area contributed by atoms with Crippen molar-refractivity contribution in [3.8, 4) is 0 Å². The normalized spacial score (nSPS) is 10.9. The molecule has 92 valence electrons. The van der Waals surface area contributed by atoms with Gasteiger partial charge < -0.3 is 0 Å². The maximum absolute atomic E-state index is 11.7. The molecule has 0 saturated carbocycles. The minimum Gasteiger partial charge on any atom is -0.267 e. The van der Waals surface area contributed by atoms with Gasteiger partial charge in [0.1, 0.15) is 0 Å². The monoisotopic (exact) mass is 232 g/mol. The number of nitrogens with zero attached hydrogens (tertiary/aromatic N) is 1. The summed E-state index contributed by atoms with van der Waals surface area (Å²) in [5.41, 5.74) is 5.27. The van der Waals surface area contributed by atoms with Crippen LogP contribution in [0.1, 0.15) is 50.5 Å². The van der Waals surface area contributed by atoms with Gasteiger partial charge in [0.15, 0.2) is 0 Å². The first kappa shape index (κ1) is 13.4. The second-order valence-electron chi connectivity index (χ2n) is 5.33. The molecule has 0 aliphatic carbocycles. The van der Waals surface area contributed by atoms with Crippen molar-refractivity contribution in [1.29, 1.82) is 0 Å². The van der Waals surface area contributed by atoms with Crippen LogP contribution in [0.15, 0.2) is 29.4 Å². The summed E-state index contributed by atoms with van der Waals surface area (Å²) < 4.78 is 0. The molecule has 0 atom stereocenters. The fraction of sp³-hybridized carbons (Fsp3) is 0.429. The quantitative estimate of drug-likeness (QED) is 0.617. The van der Waals surface area contributed by atoms with Crippen molar-refractivity contribution < 1.29 is 4.79 Å². The first-order valence-corrected chi connectivity index (χ1v) is 5.72. The first-order chi connectivity index (χ1) is 7.80. The van der Waals surface area contributed by atoms with Crippen molar-refractivity contribution in [3.05, 3.63) is 35.4 Å². The van der Waals surface area contributed by atoms with E-state index in [9.17, 15) is 4.79 Å². The highest BCUT2D eigenvalue weighted by Crippen LogP contribution is 2.22. The standard InChI is InChI=1S/C14H20N2O/c1-10(2)15-16-13(17)11-6-8-12(9-7-11)14(3,4)5/h6-9H,1-5H3,(H,16,17). The summed E-state index contributed by atoms with van der Waals surface area (Å²) in [4.78, 5) is 11.7. The molecular weight excluding hydrogens is 212 g/mol. The SMILES string of the molecule is CC(C)=NNC(=O)c1ccc(C(C)(C)C)cc1. The van der Waals surface area contributed by atoms with Gasteiger partial charge in [0.2, 0.25) is 0 Å². The van der Waals surface area contributed by atoms with Gasteiger partial charge in [-0.25, -0.2) is 5.43 Å². The van der Waals surface area contributed by atoms with E-state index in [0.717, 1.165) is 5.71 Å². The van der Waals surface area contributed by atoms with Gasteiger partial charge in [-0.05, 0) is 37.0 Å². The molecule has 1 N–H and O–H groups in total. The van der Waals surface area contributed by atoms with Crippen molar-refractivity contribution in [2.45, 2.75) is 40.0 Å². The maximum Gasteiger partial charge on any atom is 0.271 e. The fourth-order valence-electron chi connectivity index (χ4n) is 1.35. The van der Waals surface area contributed by atoms with Crippen LogP contribution in [-0.4, -0.2) is 11.6 Å². The van der Waals surface area contributed by atoms with Crippen LogP contribution >= 0.6 is 0 Å². The van der Waals surface area contributed by atoms with Crippen LogP contribution < -0.4 is 5.43 Å². The molecule has 3 heteroatoms. The molecule has 0 radical (unpaired) electrons. The van der Waals surface area contributed by atoms with Crippen LogP contribution in [0.5, 0.6) is 0 Å². The zero-order valence-corrected chi connectivity index (χ0v) is 11.2. The second-order valence-corrected chi connectivity index (χ2v) is 5.33. The van der Waals surface area contributed by atoms with Crippen molar-refractivity contribution in [2.75, 3.05) is 0 Å². The van der Waals surface area contributed by atoms with Gasteiger partial charge in [-0.1, -0.05) is 32.9 Å². The number of carbonyl (C=O) groups excluding carboxylic acids is 1. The molecule has 0 aromatic heterocycles. The number of nitrogens with one attached hydrogen (secondary N) is 1. The molecule has 0 saturated heterocycles. The molecule has 1 amide bonds. The van der Waals surface area contributed by atoms with Gasteiger partial charge in [-0.15, -0.1) is 0 Å². The summed E-state index contributed by atoms with van der Waals surface area (Å²) in [6.07, 6.45) is 0. The van der Waals surface area contributed by atoms with E-state index in [4.69, 9.17) is 0 Å². The van der Waals surface area contributed by atoms with Crippen LogP contribution in [0.4, 0.5) is 0 Å². The highest BCUT2D eigenvalue weighted by Gasteiger charge is 2.13. The van der Waals surface area contributed by atoms with Crippen LogP contribution in [0.25, 0.3) is 0 Å². The van der Waals surface area contributed by atoms with Crippen LogP contribution in [-0.2, 0) is 5.41 Å². The zero-order valence-electron chi connectivity index (χ0n) is 11.2. The van der Waals surface area contributed by atoms with Crippen molar-refractivity contribution in [1.82, 2.24) is 5.43 Å². The lowest BCUT2D eigenvalue weighted by Gasteiger charge is -2.18. The summed E-state index contributed by atoms with van der Waals surface area (Å²) >= 11 is 0. The number of hydrogen-bond donors (Lipinski definition) is 1. The zero-order chi connectivity index (χ0) is 13.1. The Bertz CT molecular complexity index is 421. The minimum atomic E-state index is -0.174. The smallest absolute Gasteiger partial charge is 0.267 e. The molecule has 1 aromatic carbocycles. The Hall–Kier alpha value is -1.64. The van der Waals surface area contributed by atoms with Crippen molar-refractivity contribution >= 4 is 11.6 Å². The molecular formula is C14H20N2O. The lowest BCUT2D eigenvalue weighted by Crippen LogP contribution is -2.19. The molecule has 3 nitrogen and oxygen atoms in total. The van der Waals surface area contributed by atoms with Crippen LogP contribution in [0, 0.1) is 0 Å². The van der Waals surface area contributed by atoms with Gasteiger partial charge in [-0.3, -0.25) is 4.79 Å². The Kier molecular flexibility index (Phi) is 4.05. The summed E-state index contributed by atoms with van der Waals surface area (Å²) in [5.74, 6) is -0.174. The maximum atomic E-state index is 11.7. The van der Waals surface area contributed by atoms with E-state index in [-0.39, 0.29) is 11.3 Å². The van der Waals surface area contributed by atoms with Gasteiger partial charge in [-0.2, -0.15) is 5.10 Å². The number of amides is 1. The van der Waals surface area contributed by atoms with Crippen molar-refractivity contribution in [3.63, 3.8) is 0 Å². The number of hydrazone groups is 1. The summed E-state index contributed by atoms with van der Waals surface area (Å²) in [7, 11) is 0. The van der Waals surface area contributed by atoms with Gasteiger partial charge in [0.05, 0.1) is 0 Å². The highest BCUT2D eigenvalue weighted by molar-refractivity contribution is 5.95. The highest BCUT2D eigenvalue weighted by atomic mass is 16.2. The van der Waals surface area contributed by atoms with Gasteiger partial charge in [0, 0.05) is 11.3 Å². The largest absolute Gasteiger partial charge is 0.271 e. The number of carbonyl (C=O) groups is 1. The summed E-state index contributed by atoms with van der Waals surface area (Å²) in [6, 6.07) is 7.63. The van der Waals surface area contributed by atoms with Crippen LogP contribution in [0.3, 0.4) is 0 Å². The Labute approximate surface area is 103 Å². The number of benzene rings is 1. The second kappa shape index (κ2) is 5.13. The molecule has 0 heterocycles. The average molecular weight is 232 g/mol. The molecule has 1 aromatic rings. The fourth-order valence-corrected chi connectivity index (χ4v) is 1.35. The topological polar surface area (TPSA) is 41.5 Å². The summed E-state index contributed by atoms with van der Waals surface area (Å²) in [6.45, 7) is 10.1. The van der Waals surface area contributed by atoms with E-state index >= 15 is 0 Å². The molecule has 0 bridgehead atoms. The average Bonchev–Trinajstić information content (AvgIpc) is 2.25.